The number of rotatable bonds is 10. The molecule has 8 nitrogen and oxygen atoms in total. The summed E-state index contributed by atoms with van der Waals surface area (Å²) in [7, 11) is 0. The van der Waals surface area contributed by atoms with Gasteiger partial charge in [-0.2, -0.15) is 5.06 Å². The second kappa shape index (κ2) is 12.9. The minimum atomic E-state index is -4.68. The van der Waals surface area contributed by atoms with Gasteiger partial charge in [0.15, 0.2) is 5.82 Å². The summed E-state index contributed by atoms with van der Waals surface area (Å²) in [4.78, 5) is 16.1. The maximum Gasteiger partial charge on any atom is 0.539 e. The first-order chi connectivity index (χ1) is 19.7. The van der Waals surface area contributed by atoms with E-state index in [2.05, 4.69) is 9.74 Å². The molecule has 2 saturated heterocycles. The summed E-state index contributed by atoms with van der Waals surface area (Å²) in [6.45, 7) is 11.4. The molecule has 1 atom stereocenters. The Morgan fingerprint density at radius 1 is 1.17 bits per heavy atom. The zero-order valence-corrected chi connectivity index (χ0v) is 25.5. The summed E-state index contributed by atoms with van der Waals surface area (Å²) < 4.78 is 43.9. The van der Waals surface area contributed by atoms with Crippen LogP contribution < -0.4 is 9.64 Å². The third-order valence-corrected chi connectivity index (χ3v) is 8.17. The smallest absolute Gasteiger partial charge is 0.491 e. The van der Waals surface area contributed by atoms with E-state index in [1.54, 1.807) is 25.1 Å². The molecule has 2 aliphatic heterocycles. The molecule has 2 aliphatic rings. The minimum absolute atomic E-state index is 0.120. The van der Waals surface area contributed by atoms with E-state index in [1.807, 2.05) is 27.7 Å². The Hall–Kier alpha value is -2.73. The molecule has 1 spiro atoms. The van der Waals surface area contributed by atoms with Crippen LogP contribution in [0.2, 0.25) is 5.02 Å². The normalized spacial score (nSPS) is 17.6. The number of allylic oxidation sites excluding steroid dienone is 2. The molecule has 230 valence electrons. The molecule has 1 aromatic heterocycles. The van der Waals surface area contributed by atoms with Crippen molar-refractivity contribution in [2.24, 2.45) is 5.41 Å². The number of anilines is 1. The molecule has 2 N–H and O–H groups in total. The fourth-order valence-corrected chi connectivity index (χ4v) is 5.97. The van der Waals surface area contributed by atoms with Gasteiger partial charge in [-0.3, -0.25) is 0 Å². The SMILES string of the molecule is CCC[C@@H](O)COc1ccc(Cl)c(-c2nc(C(C(C)=N)=C(C)C)c(C)c(N3CC4(CCN(OC(F)(F)F)CC4)C3)n2)c1. The Morgan fingerprint density at radius 3 is 2.40 bits per heavy atom. The van der Waals surface area contributed by atoms with E-state index in [0.717, 1.165) is 28.2 Å². The molecule has 0 unspecified atom stereocenters. The number of aliphatic hydroxyl groups is 1. The molecule has 2 aromatic rings. The van der Waals surface area contributed by atoms with Gasteiger partial charge in [-0.1, -0.05) is 30.5 Å². The molecule has 0 bridgehead atoms. The number of aromatic nitrogens is 2. The van der Waals surface area contributed by atoms with Gasteiger partial charge in [-0.25, -0.2) is 14.8 Å². The highest BCUT2D eigenvalue weighted by molar-refractivity contribution is 6.33. The summed E-state index contributed by atoms with van der Waals surface area (Å²) in [5.74, 6) is 1.61. The molecule has 3 heterocycles. The van der Waals surface area contributed by atoms with Gasteiger partial charge in [0.2, 0.25) is 0 Å². The van der Waals surface area contributed by atoms with Gasteiger partial charge in [0, 0.05) is 54.0 Å². The van der Waals surface area contributed by atoms with Crippen LogP contribution in [0.1, 0.15) is 64.6 Å². The number of nitrogens with zero attached hydrogens (tertiary/aromatic N) is 4. The highest BCUT2D eigenvalue weighted by atomic mass is 35.5. The van der Waals surface area contributed by atoms with E-state index >= 15 is 0 Å². The van der Waals surface area contributed by atoms with Crippen molar-refractivity contribution in [3.63, 3.8) is 0 Å². The summed E-state index contributed by atoms with van der Waals surface area (Å²) in [6, 6.07) is 5.20. The summed E-state index contributed by atoms with van der Waals surface area (Å²) in [5.41, 5.74) is 3.93. The van der Waals surface area contributed by atoms with E-state index in [4.69, 9.17) is 31.7 Å². The van der Waals surface area contributed by atoms with Crippen LogP contribution >= 0.6 is 11.6 Å². The van der Waals surface area contributed by atoms with E-state index in [0.29, 0.717) is 71.7 Å². The number of ether oxygens (including phenoxy) is 1. The highest BCUT2D eigenvalue weighted by Gasteiger charge is 2.47. The van der Waals surface area contributed by atoms with Gasteiger partial charge >= 0.3 is 6.36 Å². The molecule has 12 heteroatoms. The molecule has 1 aromatic carbocycles. The van der Waals surface area contributed by atoms with Crippen LogP contribution in [0.5, 0.6) is 5.75 Å². The van der Waals surface area contributed by atoms with Gasteiger partial charge < -0.3 is 20.2 Å². The van der Waals surface area contributed by atoms with Gasteiger partial charge in [0.25, 0.3) is 0 Å². The van der Waals surface area contributed by atoms with Crippen molar-refractivity contribution in [2.75, 3.05) is 37.7 Å². The Morgan fingerprint density at radius 2 is 1.83 bits per heavy atom. The Labute approximate surface area is 250 Å². The number of benzene rings is 1. The number of halogens is 4. The van der Waals surface area contributed by atoms with E-state index in [9.17, 15) is 18.3 Å². The summed E-state index contributed by atoms with van der Waals surface area (Å²) >= 11 is 6.65. The third kappa shape index (κ3) is 7.42. The lowest BCUT2D eigenvalue weighted by Crippen LogP contribution is -2.61. The van der Waals surface area contributed by atoms with Crippen molar-refractivity contribution in [2.45, 2.75) is 72.8 Å². The predicted molar refractivity (Wildman–Crippen MR) is 158 cm³/mol. The average Bonchev–Trinajstić information content (AvgIpc) is 2.88. The second-order valence-corrected chi connectivity index (χ2v) is 12.0. The fraction of sp³-hybridized carbons (Fsp3) is 0.567. The Bertz CT molecular complexity index is 1330. The first-order valence-corrected chi connectivity index (χ1v) is 14.6. The molecule has 42 heavy (non-hydrogen) atoms. The van der Waals surface area contributed by atoms with Crippen LogP contribution in [-0.2, 0) is 4.84 Å². The van der Waals surface area contributed by atoms with E-state index in [1.165, 1.54) is 0 Å². The van der Waals surface area contributed by atoms with Crippen molar-refractivity contribution in [1.29, 1.82) is 5.41 Å². The summed E-state index contributed by atoms with van der Waals surface area (Å²) in [5, 5.41) is 20.0. The maximum absolute atomic E-state index is 12.7. The highest BCUT2D eigenvalue weighted by Crippen LogP contribution is 2.45. The van der Waals surface area contributed by atoms with E-state index < -0.39 is 12.5 Å². The second-order valence-electron chi connectivity index (χ2n) is 11.6. The van der Waals surface area contributed by atoms with Crippen LogP contribution in [0.15, 0.2) is 23.8 Å². The number of piperidine rings is 1. The zero-order valence-electron chi connectivity index (χ0n) is 24.7. The van der Waals surface area contributed by atoms with Crippen molar-refractivity contribution in [3.8, 4) is 17.1 Å². The molecular formula is C30H39ClF3N5O3. The fourth-order valence-electron chi connectivity index (χ4n) is 5.77. The Kier molecular flexibility index (Phi) is 9.86. The summed E-state index contributed by atoms with van der Waals surface area (Å²) in [6.07, 6.45) is -2.63. The molecule has 4 rings (SSSR count). The monoisotopic (exact) mass is 609 g/mol. The number of hydrogen-bond donors (Lipinski definition) is 2. The number of hydrogen-bond acceptors (Lipinski definition) is 8. The van der Waals surface area contributed by atoms with Crippen LogP contribution in [0.3, 0.4) is 0 Å². The number of aliphatic hydroxyl groups excluding tert-OH is 1. The first kappa shape index (κ1) is 32.2. The van der Waals surface area contributed by atoms with Gasteiger partial charge in [0.05, 0.1) is 16.8 Å². The van der Waals surface area contributed by atoms with Crippen LogP contribution in [0.25, 0.3) is 17.0 Å². The van der Waals surface area contributed by atoms with Gasteiger partial charge in [-0.15, -0.1) is 13.2 Å². The molecule has 2 fully saturated rings. The average molecular weight is 610 g/mol. The first-order valence-electron chi connectivity index (χ1n) is 14.2. The molecule has 0 amide bonds. The van der Waals surface area contributed by atoms with Crippen LogP contribution in [0.4, 0.5) is 19.0 Å². The van der Waals surface area contributed by atoms with Crippen LogP contribution in [-0.4, -0.2) is 71.1 Å². The zero-order chi connectivity index (χ0) is 30.8. The molecular weight excluding hydrogens is 571 g/mol. The third-order valence-electron chi connectivity index (χ3n) is 7.84. The number of nitrogens with one attached hydrogen (secondary N) is 1. The lowest BCUT2D eigenvalue weighted by Gasteiger charge is -2.54. The maximum atomic E-state index is 12.7. The Balaban J connectivity index is 1.66. The standard InChI is InChI=1S/C30H39ClF3N5O3/c1-6-7-21(40)15-41-22-8-9-24(31)23(14-22)27-36-26(25(18(2)3)20(5)35)19(4)28(37-27)38-16-29(17-38)10-12-39(13-11-29)42-30(32,33)34/h8-9,14,21,35,40H,6-7,10-13,15-17H2,1-5H3/t21-/m1/s1. The van der Waals surface area contributed by atoms with Crippen molar-refractivity contribution in [1.82, 2.24) is 15.0 Å². The topological polar surface area (TPSA) is 94.8 Å². The molecule has 0 saturated carbocycles. The number of alkyl halides is 3. The molecule has 0 radical (unpaired) electrons. The van der Waals surface area contributed by atoms with Gasteiger partial charge in [-0.05, 0) is 65.2 Å². The largest absolute Gasteiger partial charge is 0.539 e. The van der Waals surface area contributed by atoms with Crippen molar-refractivity contribution < 1.29 is 27.9 Å². The lowest BCUT2D eigenvalue weighted by atomic mass is 9.72. The van der Waals surface area contributed by atoms with Gasteiger partial charge in [0.1, 0.15) is 18.2 Å². The quantitative estimate of drug-likeness (QED) is 0.285. The van der Waals surface area contributed by atoms with E-state index in [-0.39, 0.29) is 25.1 Å². The number of hydroxylamine groups is 2. The molecule has 0 aliphatic carbocycles. The lowest BCUT2D eigenvalue weighted by molar-refractivity contribution is -0.418. The van der Waals surface area contributed by atoms with Crippen LogP contribution in [0, 0.1) is 17.7 Å². The van der Waals surface area contributed by atoms with Crippen molar-refractivity contribution in [3.05, 3.63) is 40.1 Å². The predicted octanol–water partition coefficient (Wildman–Crippen LogP) is 6.83. The minimum Gasteiger partial charge on any atom is -0.491 e. The van der Waals surface area contributed by atoms with Crippen molar-refractivity contribution >= 4 is 28.7 Å².